The number of phosphoric ester groups is 1. The molecule has 0 saturated carbocycles. The van der Waals surface area contributed by atoms with Crippen molar-refractivity contribution in [1.82, 2.24) is 0 Å². The molecular weight excluding hydrogens is 359 g/mol. The highest BCUT2D eigenvalue weighted by atomic mass is 31.2. The van der Waals surface area contributed by atoms with Crippen molar-refractivity contribution in [2.45, 2.75) is 39.2 Å². The van der Waals surface area contributed by atoms with E-state index >= 15 is 0 Å². The molecule has 0 radical (unpaired) electrons. The quantitative estimate of drug-likeness (QED) is 0.583. The van der Waals surface area contributed by atoms with Crippen LogP contribution in [0.1, 0.15) is 43.0 Å². The Morgan fingerprint density at radius 1 is 0.778 bits per heavy atom. The standard InChI is InChI=1S/C22H23O4P/c1-22(2,3)26-27(23,24-20-12-16-8-4-5-9-17(16)13-20)25-21-14-18-10-6-7-11-19(18)15-21/h4-12,14H,13,15H2,1-3H3. The molecular formula is C22H23O4P. The largest absolute Gasteiger partial charge is 0.587 e. The molecule has 2 aromatic rings. The Kier molecular flexibility index (Phi) is 4.49. The maximum Gasteiger partial charge on any atom is 0.587 e. The molecule has 4 nitrogen and oxygen atoms in total. The highest BCUT2D eigenvalue weighted by Crippen LogP contribution is 2.57. The summed E-state index contributed by atoms with van der Waals surface area (Å²) in [6.07, 6.45) is 4.96. The third-order valence-corrected chi connectivity index (χ3v) is 6.00. The van der Waals surface area contributed by atoms with Gasteiger partial charge < -0.3 is 9.05 Å². The number of hydrogen-bond acceptors (Lipinski definition) is 4. The summed E-state index contributed by atoms with van der Waals surface area (Å²) < 4.78 is 31.0. The SMILES string of the molecule is CC(C)(C)OP(=O)(OC1=Cc2ccccc2C1)OC1=Cc2ccccc2C1. The molecule has 0 bridgehead atoms. The van der Waals surface area contributed by atoms with Gasteiger partial charge in [0.15, 0.2) is 0 Å². The summed E-state index contributed by atoms with van der Waals surface area (Å²) in [6, 6.07) is 16.0. The van der Waals surface area contributed by atoms with Crippen molar-refractivity contribution >= 4 is 20.0 Å². The van der Waals surface area contributed by atoms with Gasteiger partial charge in [0.1, 0.15) is 11.5 Å². The zero-order chi connectivity index (χ0) is 19.1. The minimum absolute atomic E-state index is 0.580. The first kappa shape index (κ1) is 18.1. The number of allylic oxidation sites excluding steroid dienone is 2. The van der Waals surface area contributed by atoms with Crippen LogP contribution in [0.15, 0.2) is 60.0 Å². The molecule has 0 aromatic heterocycles. The smallest absolute Gasteiger partial charge is 0.399 e. The molecule has 4 rings (SSSR count). The Morgan fingerprint density at radius 2 is 1.22 bits per heavy atom. The lowest BCUT2D eigenvalue weighted by atomic mass is 10.1. The zero-order valence-electron chi connectivity index (χ0n) is 15.8. The van der Waals surface area contributed by atoms with Crippen LogP contribution in [-0.2, 0) is 31.0 Å². The monoisotopic (exact) mass is 382 g/mol. The molecule has 5 heteroatoms. The van der Waals surface area contributed by atoms with Gasteiger partial charge in [0.05, 0.1) is 5.60 Å². The molecule has 27 heavy (non-hydrogen) atoms. The van der Waals surface area contributed by atoms with Gasteiger partial charge in [-0.1, -0.05) is 48.5 Å². The number of fused-ring (bicyclic) bond motifs is 2. The first-order chi connectivity index (χ1) is 12.8. The molecule has 140 valence electrons. The molecule has 2 aromatic carbocycles. The number of phosphoric acid groups is 1. The third kappa shape index (κ3) is 4.18. The van der Waals surface area contributed by atoms with E-state index in [1.807, 2.05) is 81.5 Å². The number of rotatable bonds is 5. The van der Waals surface area contributed by atoms with Gasteiger partial charge in [-0.3, -0.25) is 4.52 Å². The molecule has 2 aliphatic carbocycles. The van der Waals surface area contributed by atoms with Crippen molar-refractivity contribution in [1.29, 1.82) is 0 Å². The Balaban J connectivity index is 1.55. The summed E-state index contributed by atoms with van der Waals surface area (Å²) >= 11 is 0. The zero-order valence-corrected chi connectivity index (χ0v) is 16.7. The average Bonchev–Trinajstić information content (AvgIpc) is 3.14. The van der Waals surface area contributed by atoms with Crippen molar-refractivity contribution in [3.8, 4) is 0 Å². The van der Waals surface area contributed by atoms with Gasteiger partial charge in [0.25, 0.3) is 0 Å². The van der Waals surface area contributed by atoms with Gasteiger partial charge in [0, 0.05) is 12.8 Å². The van der Waals surface area contributed by atoms with Crippen molar-refractivity contribution < 1.29 is 18.1 Å². The molecule has 0 amide bonds. The fourth-order valence-electron chi connectivity index (χ4n) is 3.29. The van der Waals surface area contributed by atoms with Crippen LogP contribution in [-0.4, -0.2) is 5.60 Å². The van der Waals surface area contributed by atoms with Crippen LogP contribution in [0.3, 0.4) is 0 Å². The minimum Gasteiger partial charge on any atom is -0.399 e. The van der Waals surface area contributed by atoms with Crippen LogP contribution in [0, 0.1) is 0 Å². The molecule has 0 aliphatic heterocycles. The molecule has 0 saturated heterocycles. The van der Waals surface area contributed by atoms with Gasteiger partial charge in [-0.15, -0.1) is 0 Å². The Labute approximate surface area is 160 Å². The van der Waals surface area contributed by atoms with E-state index < -0.39 is 13.4 Å². The Hall–Kier alpha value is -2.29. The number of hydrogen-bond donors (Lipinski definition) is 0. The van der Waals surface area contributed by atoms with Crippen LogP contribution in [0.4, 0.5) is 0 Å². The van der Waals surface area contributed by atoms with E-state index in [1.165, 1.54) is 0 Å². The Morgan fingerprint density at radius 3 is 1.63 bits per heavy atom. The highest BCUT2D eigenvalue weighted by Gasteiger charge is 2.38. The molecule has 0 fully saturated rings. The molecule has 0 N–H and O–H groups in total. The molecule has 0 unspecified atom stereocenters. The first-order valence-electron chi connectivity index (χ1n) is 9.07. The second kappa shape index (κ2) is 6.70. The van der Waals surface area contributed by atoms with E-state index in [9.17, 15) is 4.57 Å². The second-order valence-electron chi connectivity index (χ2n) is 7.81. The topological polar surface area (TPSA) is 44.8 Å². The van der Waals surface area contributed by atoms with Crippen LogP contribution >= 0.6 is 7.82 Å². The lowest BCUT2D eigenvalue weighted by molar-refractivity contribution is 0.0662. The van der Waals surface area contributed by atoms with Gasteiger partial charge in [-0.05, 0) is 55.2 Å². The highest BCUT2D eigenvalue weighted by molar-refractivity contribution is 7.48. The Bertz CT molecular complexity index is 912. The van der Waals surface area contributed by atoms with E-state index in [2.05, 4.69) is 0 Å². The first-order valence-corrected chi connectivity index (χ1v) is 10.5. The third-order valence-electron chi connectivity index (χ3n) is 4.32. The van der Waals surface area contributed by atoms with Gasteiger partial charge in [-0.2, -0.15) is 0 Å². The van der Waals surface area contributed by atoms with E-state index in [0.717, 1.165) is 22.3 Å². The summed E-state index contributed by atoms with van der Waals surface area (Å²) in [4.78, 5) is 0. The van der Waals surface area contributed by atoms with Crippen LogP contribution in [0.5, 0.6) is 0 Å². The molecule has 2 aliphatic rings. The van der Waals surface area contributed by atoms with Gasteiger partial charge in [0.2, 0.25) is 0 Å². The van der Waals surface area contributed by atoms with Crippen molar-refractivity contribution in [2.75, 3.05) is 0 Å². The van der Waals surface area contributed by atoms with Crippen molar-refractivity contribution in [3.63, 3.8) is 0 Å². The average molecular weight is 382 g/mol. The lowest BCUT2D eigenvalue weighted by Crippen LogP contribution is -2.19. The maximum absolute atomic E-state index is 13.5. The summed E-state index contributed by atoms with van der Waals surface area (Å²) in [7, 11) is -3.83. The summed E-state index contributed by atoms with van der Waals surface area (Å²) in [5.41, 5.74) is 3.75. The van der Waals surface area contributed by atoms with Crippen LogP contribution < -0.4 is 0 Å². The fraction of sp³-hybridized carbons (Fsp3) is 0.273. The molecule has 0 spiro atoms. The molecule has 0 heterocycles. The van der Waals surface area contributed by atoms with Gasteiger partial charge in [-0.25, -0.2) is 4.57 Å². The van der Waals surface area contributed by atoms with Crippen LogP contribution in [0.25, 0.3) is 12.2 Å². The maximum atomic E-state index is 13.5. The van der Waals surface area contributed by atoms with Gasteiger partial charge >= 0.3 is 7.82 Å². The predicted octanol–water partition coefficient (Wildman–Crippen LogP) is 6.14. The number of benzene rings is 2. The van der Waals surface area contributed by atoms with E-state index in [0.29, 0.717) is 24.4 Å². The summed E-state index contributed by atoms with van der Waals surface area (Å²) in [5.74, 6) is 1.19. The molecule has 0 atom stereocenters. The van der Waals surface area contributed by atoms with E-state index in [4.69, 9.17) is 13.6 Å². The summed E-state index contributed by atoms with van der Waals surface area (Å²) in [6.45, 7) is 5.51. The van der Waals surface area contributed by atoms with Crippen molar-refractivity contribution in [3.05, 3.63) is 82.3 Å². The lowest BCUT2D eigenvalue weighted by Gasteiger charge is -2.27. The van der Waals surface area contributed by atoms with Crippen LogP contribution in [0.2, 0.25) is 0 Å². The predicted molar refractivity (Wildman–Crippen MR) is 107 cm³/mol. The minimum atomic E-state index is -3.83. The fourth-order valence-corrected chi connectivity index (χ4v) is 4.88. The van der Waals surface area contributed by atoms with E-state index in [-0.39, 0.29) is 0 Å². The second-order valence-corrected chi connectivity index (χ2v) is 9.25. The van der Waals surface area contributed by atoms with Crippen molar-refractivity contribution in [2.24, 2.45) is 0 Å². The normalized spacial score (nSPS) is 15.7. The van der Waals surface area contributed by atoms with E-state index in [1.54, 1.807) is 0 Å². The summed E-state index contributed by atoms with van der Waals surface area (Å²) in [5, 5.41) is 0.